The Morgan fingerprint density at radius 3 is 2.16 bits per heavy atom. The molecule has 0 spiro atoms. The van der Waals surface area contributed by atoms with E-state index in [1.54, 1.807) is 0 Å². The number of hydrogen-bond acceptors (Lipinski definition) is 2. The molecule has 0 aromatic heterocycles. The minimum Gasteiger partial charge on any atom is -0.373 e. The second-order valence-corrected chi connectivity index (χ2v) is 8.79. The Morgan fingerprint density at radius 1 is 1.21 bits per heavy atom. The van der Waals surface area contributed by atoms with Gasteiger partial charge in [-0.2, -0.15) is 0 Å². The van der Waals surface area contributed by atoms with E-state index in [1.165, 1.54) is 0 Å². The number of rotatable bonds is 5. The Bertz CT molecular complexity index is 349. The molecule has 0 amide bonds. The van der Waals surface area contributed by atoms with Gasteiger partial charge in [-0.05, 0) is 12.3 Å². The summed E-state index contributed by atoms with van der Waals surface area (Å²) in [6.45, 7) is 2.12. The zero-order chi connectivity index (χ0) is 14.9. The van der Waals surface area contributed by atoms with E-state index in [2.05, 4.69) is 0 Å². The standard InChI is InChI=1S/C13H28NO4P/c1-5-11-8-6-7-9-12(11)13(15,19(16,17)18)10-14(2,3)4/h11-12,15H,5-10H2,1-4H3,(H-,16,17,18)/p+1. The molecule has 0 aromatic rings. The first-order valence-corrected chi connectivity index (χ1v) is 8.71. The maximum atomic E-state index is 11.9. The molecule has 19 heavy (non-hydrogen) atoms. The van der Waals surface area contributed by atoms with Gasteiger partial charge in [-0.3, -0.25) is 4.57 Å². The second-order valence-electron chi connectivity index (χ2n) is 6.93. The van der Waals surface area contributed by atoms with E-state index in [4.69, 9.17) is 0 Å². The van der Waals surface area contributed by atoms with E-state index in [0.29, 0.717) is 10.9 Å². The summed E-state index contributed by atoms with van der Waals surface area (Å²) in [5, 5.41) is 8.93. The predicted octanol–water partition coefficient (Wildman–Crippen LogP) is 1.78. The van der Waals surface area contributed by atoms with Gasteiger partial charge in [-0.15, -0.1) is 0 Å². The van der Waals surface area contributed by atoms with Crippen LogP contribution in [0, 0.1) is 11.8 Å². The van der Waals surface area contributed by atoms with E-state index < -0.39 is 12.9 Å². The smallest absolute Gasteiger partial charge is 0.363 e. The lowest BCUT2D eigenvalue weighted by molar-refractivity contribution is -0.875. The fraction of sp³-hybridized carbons (Fsp3) is 1.00. The number of nitrogens with zero attached hydrogens (tertiary/aromatic N) is 1. The first-order valence-electron chi connectivity index (χ1n) is 7.10. The van der Waals surface area contributed by atoms with Gasteiger partial charge in [0.15, 0.2) is 0 Å². The molecule has 3 unspecified atom stereocenters. The van der Waals surface area contributed by atoms with Crippen molar-refractivity contribution in [3.8, 4) is 0 Å². The third-order valence-electron chi connectivity index (χ3n) is 4.24. The van der Waals surface area contributed by atoms with E-state index in [1.807, 2.05) is 28.1 Å². The van der Waals surface area contributed by atoms with Crippen molar-refractivity contribution in [2.75, 3.05) is 27.7 Å². The van der Waals surface area contributed by atoms with Gasteiger partial charge in [0.05, 0.1) is 21.1 Å². The fourth-order valence-electron chi connectivity index (χ4n) is 3.43. The Morgan fingerprint density at radius 2 is 1.74 bits per heavy atom. The molecule has 0 aliphatic heterocycles. The molecule has 1 saturated carbocycles. The van der Waals surface area contributed by atoms with Crippen molar-refractivity contribution in [1.29, 1.82) is 0 Å². The van der Waals surface area contributed by atoms with Gasteiger partial charge < -0.3 is 19.4 Å². The lowest BCUT2D eigenvalue weighted by Crippen LogP contribution is -2.55. The van der Waals surface area contributed by atoms with Crippen molar-refractivity contribution in [3.63, 3.8) is 0 Å². The molecule has 3 atom stereocenters. The van der Waals surface area contributed by atoms with Crippen molar-refractivity contribution in [2.45, 2.75) is 44.4 Å². The highest BCUT2D eigenvalue weighted by Crippen LogP contribution is 2.58. The molecule has 1 aliphatic rings. The summed E-state index contributed by atoms with van der Waals surface area (Å²) >= 11 is 0. The Balaban J connectivity index is 3.12. The fourth-order valence-corrected chi connectivity index (χ4v) is 4.81. The lowest BCUT2D eigenvalue weighted by atomic mass is 9.74. The van der Waals surface area contributed by atoms with Crippen LogP contribution in [0.3, 0.4) is 0 Å². The molecule has 114 valence electrons. The molecule has 0 bridgehead atoms. The van der Waals surface area contributed by atoms with Crippen LogP contribution in [0.1, 0.15) is 39.0 Å². The van der Waals surface area contributed by atoms with Gasteiger partial charge in [0.2, 0.25) is 5.34 Å². The Kier molecular flexibility index (Phi) is 5.25. The van der Waals surface area contributed by atoms with E-state index in [-0.39, 0.29) is 18.4 Å². The van der Waals surface area contributed by atoms with Crippen molar-refractivity contribution >= 4 is 7.60 Å². The number of hydrogen-bond donors (Lipinski definition) is 3. The summed E-state index contributed by atoms with van der Waals surface area (Å²) in [7, 11) is 0.992. The maximum Gasteiger partial charge on any atom is 0.363 e. The van der Waals surface area contributed by atoms with Gasteiger partial charge >= 0.3 is 7.60 Å². The van der Waals surface area contributed by atoms with Crippen LogP contribution in [0.25, 0.3) is 0 Å². The zero-order valence-electron chi connectivity index (χ0n) is 12.5. The highest BCUT2D eigenvalue weighted by molar-refractivity contribution is 7.53. The average Bonchev–Trinajstić information content (AvgIpc) is 2.25. The molecule has 0 radical (unpaired) electrons. The van der Waals surface area contributed by atoms with Crippen LogP contribution in [0.2, 0.25) is 0 Å². The third kappa shape index (κ3) is 4.02. The SMILES string of the molecule is CCC1CCCCC1C(O)(C[N+](C)(C)C)P(=O)(O)O. The molecule has 5 nitrogen and oxygen atoms in total. The van der Waals surface area contributed by atoms with Crippen LogP contribution in [0.5, 0.6) is 0 Å². The van der Waals surface area contributed by atoms with Crippen LogP contribution in [-0.4, -0.2) is 52.4 Å². The monoisotopic (exact) mass is 294 g/mol. The van der Waals surface area contributed by atoms with Crippen molar-refractivity contribution in [1.82, 2.24) is 0 Å². The third-order valence-corrected chi connectivity index (χ3v) is 5.72. The largest absolute Gasteiger partial charge is 0.373 e. The maximum absolute atomic E-state index is 11.9. The highest BCUT2D eigenvalue weighted by Gasteiger charge is 2.56. The summed E-state index contributed by atoms with van der Waals surface area (Å²) in [4.78, 5) is 19.4. The topological polar surface area (TPSA) is 77.8 Å². The quantitative estimate of drug-likeness (QED) is 0.533. The van der Waals surface area contributed by atoms with Crippen molar-refractivity contribution in [2.24, 2.45) is 11.8 Å². The number of likely N-dealkylation sites (N-methyl/N-ethyl adjacent to an activating group) is 1. The average molecular weight is 294 g/mol. The highest BCUT2D eigenvalue weighted by atomic mass is 31.2. The second kappa shape index (κ2) is 5.82. The van der Waals surface area contributed by atoms with Gasteiger partial charge in [-0.25, -0.2) is 0 Å². The summed E-state index contributed by atoms with van der Waals surface area (Å²) < 4.78 is 12.3. The Labute approximate surface area is 116 Å². The molecule has 1 fully saturated rings. The van der Waals surface area contributed by atoms with E-state index in [0.717, 1.165) is 25.7 Å². The molecule has 0 heterocycles. The van der Waals surface area contributed by atoms with Crippen LogP contribution < -0.4 is 0 Å². The van der Waals surface area contributed by atoms with Crippen LogP contribution >= 0.6 is 7.60 Å². The summed E-state index contributed by atoms with van der Waals surface area (Å²) in [6.07, 6.45) is 4.57. The van der Waals surface area contributed by atoms with Crippen LogP contribution in [0.15, 0.2) is 0 Å². The van der Waals surface area contributed by atoms with Gasteiger partial charge in [-0.1, -0.05) is 32.6 Å². The molecule has 6 heteroatoms. The lowest BCUT2D eigenvalue weighted by Gasteiger charge is -2.45. The number of aliphatic hydroxyl groups is 1. The normalized spacial score (nSPS) is 29.0. The summed E-state index contributed by atoms with van der Waals surface area (Å²) in [6, 6.07) is 0. The molecular formula is C13H29NO4P+. The summed E-state index contributed by atoms with van der Waals surface area (Å²) in [5.74, 6) is -0.0950. The predicted molar refractivity (Wildman–Crippen MR) is 75.6 cm³/mol. The van der Waals surface area contributed by atoms with Crippen molar-refractivity contribution in [3.05, 3.63) is 0 Å². The minimum absolute atomic E-state index is 0.0818. The molecule has 0 saturated heterocycles. The molecular weight excluding hydrogens is 265 g/mol. The van der Waals surface area contributed by atoms with E-state index in [9.17, 15) is 19.5 Å². The zero-order valence-corrected chi connectivity index (χ0v) is 13.4. The van der Waals surface area contributed by atoms with Gasteiger partial charge in [0.25, 0.3) is 0 Å². The number of quaternary nitrogens is 1. The Hall–Kier alpha value is 0.0700. The first-order chi connectivity index (χ1) is 8.51. The van der Waals surface area contributed by atoms with Crippen LogP contribution in [-0.2, 0) is 4.57 Å². The van der Waals surface area contributed by atoms with Crippen molar-refractivity contribution < 1.29 is 23.9 Å². The summed E-state index contributed by atoms with van der Waals surface area (Å²) in [5.41, 5.74) is 0. The first kappa shape index (κ1) is 17.1. The molecule has 1 rings (SSSR count). The van der Waals surface area contributed by atoms with E-state index >= 15 is 0 Å². The minimum atomic E-state index is -4.56. The molecule has 0 aromatic carbocycles. The molecule has 3 N–H and O–H groups in total. The van der Waals surface area contributed by atoms with Crippen LogP contribution in [0.4, 0.5) is 0 Å². The molecule has 1 aliphatic carbocycles. The van der Waals surface area contributed by atoms with Gasteiger partial charge in [0.1, 0.15) is 6.54 Å². The van der Waals surface area contributed by atoms with Gasteiger partial charge in [0, 0.05) is 5.92 Å².